The van der Waals surface area contributed by atoms with E-state index in [0.717, 1.165) is 0 Å². The van der Waals surface area contributed by atoms with Crippen LogP contribution in [0.25, 0.3) is 5.76 Å². The van der Waals surface area contributed by atoms with Crippen LogP contribution in [0.3, 0.4) is 0 Å². The average Bonchev–Trinajstić information content (AvgIpc) is 2.97. The molecule has 1 amide bonds. The van der Waals surface area contributed by atoms with E-state index in [1.54, 1.807) is 48.8 Å². The quantitative estimate of drug-likeness (QED) is 0.450. The number of likely N-dealkylation sites (tertiary alicyclic amines) is 1. The number of nitrogens with zero attached hydrogens (tertiary/aromatic N) is 2. The van der Waals surface area contributed by atoms with Crippen LogP contribution in [-0.4, -0.2) is 53.5 Å². The molecule has 1 atom stereocenters. The number of ketones is 1. The van der Waals surface area contributed by atoms with Crippen LogP contribution in [0.2, 0.25) is 0 Å². The summed E-state index contributed by atoms with van der Waals surface area (Å²) in [7, 11) is 1.52. The Morgan fingerprint density at radius 3 is 2.75 bits per heavy atom. The van der Waals surface area contributed by atoms with Crippen molar-refractivity contribution in [3.63, 3.8) is 0 Å². The zero-order chi connectivity index (χ0) is 20.1. The van der Waals surface area contributed by atoms with Crippen LogP contribution in [0.15, 0.2) is 54.4 Å². The Balaban J connectivity index is 2.12. The standard InChI is InChI=1S/C21H22N2O5/c1-3-28-16-8-4-6-14(12-16)19(24)17-18(15-7-5-9-22-13-15)23(10-11-27-2)21(26)20(17)25/h4-9,12-13,18,24H,3,10-11H2,1-2H3/t18-/m0/s1. The Morgan fingerprint density at radius 1 is 1.25 bits per heavy atom. The van der Waals surface area contributed by atoms with Gasteiger partial charge in [0.1, 0.15) is 11.5 Å². The number of benzene rings is 1. The molecule has 1 N–H and O–H groups in total. The molecule has 1 fully saturated rings. The number of pyridine rings is 1. The smallest absolute Gasteiger partial charge is 0.295 e. The monoisotopic (exact) mass is 382 g/mol. The molecule has 0 aliphatic carbocycles. The molecule has 1 saturated heterocycles. The first-order valence-electron chi connectivity index (χ1n) is 8.99. The van der Waals surface area contributed by atoms with Crippen LogP contribution in [0, 0.1) is 0 Å². The molecule has 146 valence electrons. The topological polar surface area (TPSA) is 89.0 Å². The first-order valence-corrected chi connectivity index (χ1v) is 8.99. The Hall–Kier alpha value is -3.19. The highest BCUT2D eigenvalue weighted by atomic mass is 16.5. The molecule has 0 radical (unpaired) electrons. The van der Waals surface area contributed by atoms with E-state index in [9.17, 15) is 14.7 Å². The van der Waals surface area contributed by atoms with E-state index >= 15 is 0 Å². The number of carbonyl (C=O) groups is 2. The number of hydrogen-bond donors (Lipinski definition) is 1. The van der Waals surface area contributed by atoms with Crippen molar-refractivity contribution in [3.8, 4) is 5.75 Å². The molecule has 0 spiro atoms. The summed E-state index contributed by atoms with van der Waals surface area (Å²) in [6, 6.07) is 9.55. The first-order chi connectivity index (χ1) is 13.6. The van der Waals surface area contributed by atoms with Crippen molar-refractivity contribution in [1.82, 2.24) is 9.88 Å². The maximum Gasteiger partial charge on any atom is 0.295 e. The predicted molar refractivity (Wildman–Crippen MR) is 103 cm³/mol. The van der Waals surface area contributed by atoms with E-state index in [1.807, 2.05) is 6.92 Å². The highest BCUT2D eigenvalue weighted by molar-refractivity contribution is 6.46. The van der Waals surface area contributed by atoms with Gasteiger partial charge in [-0.25, -0.2) is 0 Å². The lowest BCUT2D eigenvalue weighted by Gasteiger charge is -2.24. The molecule has 2 heterocycles. The molecule has 1 aromatic heterocycles. The molecule has 7 nitrogen and oxygen atoms in total. The van der Waals surface area contributed by atoms with Crippen molar-refractivity contribution in [2.24, 2.45) is 0 Å². The van der Waals surface area contributed by atoms with Crippen molar-refractivity contribution in [3.05, 3.63) is 65.5 Å². The van der Waals surface area contributed by atoms with Gasteiger partial charge in [-0.05, 0) is 30.7 Å². The number of aliphatic hydroxyl groups excluding tert-OH is 1. The number of methoxy groups -OCH3 is 1. The summed E-state index contributed by atoms with van der Waals surface area (Å²) >= 11 is 0. The molecule has 1 aliphatic rings. The first kappa shape index (κ1) is 19.6. The third kappa shape index (κ3) is 3.75. The van der Waals surface area contributed by atoms with E-state index in [-0.39, 0.29) is 24.5 Å². The zero-order valence-corrected chi connectivity index (χ0v) is 15.8. The fourth-order valence-electron chi connectivity index (χ4n) is 3.24. The van der Waals surface area contributed by atoms with Gasteiger partial charge >= 0.3 is 0 Å². The van der Waals surface area contributed by atoms with Gasteiger partial charge in [0.25, 0.3) is 11.7 Å². The number of Topliss-reactive ketones (excluding diaryl/α,β-unsaturated/α-hetero) is 1. The molecule has 28 heavy (non-hydrogen) atoms. The number of carbonyl (C=O) groups excluding carboxylic acids is 2. The van der Waals surface area contributed by atoms with Crippen LogP contribution >= 0.6 is 0 Å². The number of rotatable bonds is 7. The predicted octanol–water partition coefficient (Wildman–Crippen LogP) is 2.55. The van der Waals surface area contributed by atoms with Crippen LogP contribution in [0.5, 0.6) is 5.75 Å². The van der Waals surface area contributed by atoms with E-state index in [0.29, 0.717) is 23.5 Å². The number of aromatic nitrogens is 1. The van der Waals surface area contributed by atoms with Crippen LogP contribution in [-0.2, 0) is 14.3 Å². The van der Waals surface area contributed by atoms with Gasteiger partial charge < -0.3 is 19.5 Å². The van der Waals surface area contributed by atoms with E-state index in [2.05, 4.69) is 4.98 Å². The normalized spacial score (nSPS) is 18.5. The Bertz CT molecular complexity index is 895. The lowest BCUT2D eigenvalue weighted by atomic mass is 9.96. The summed E-state index contributed by atoms with van der Waals surface area (Å²) in [4.78, 5) is 30.9. The van der Waals surface area contributed by atoms with Crippen LogP contribution in [0.4, 0.5) is 0 Å². The van der Waals surface area contributed by atoms with Gasteiger partial charge in [-0.3, -0.25) is 14.6 Å². The second-order valence-electron chi connectivity index (χ2n) is 6.23. The largest absolute Gasteiger partial charge is 0.507 e. The third-order valence-electron chi connectivity index (χ3n) is 4.49. The van der Waals surface area contributed by atoms with E-state index < -0.39 is 17.7 Å². The van der Waals surface area contributed by atoms with Crippen LogP contribution in [0.1, 0.15) is 24.1 Å². The molecule has 0 unspecified atom stereocenters. The lowest BCUT2D eigenvalue weighted by molar-refractivity contribution is -0.140. The van der Waals surface area contributed by atoms with Gasteiger partial charge in [-0.15, -0.1) is 0 Å². The minimum atomic E-state index is -0.736. The Labute approximate surface area is 163 Å². The third-order valence-corrected chi connectivity index (χ3v) is 4.49. The highest BCUT2D eigenvalue weighted by Gasteiger charge is 2.45. The van der Waals surface area contributed by atoms with Crippen molar-refractivity contribution < 1.29 is 24.2 Å². The fourth-order valence-corrected chi connectivity index (χ4v) is 3.24. The van der Waals surface area contributed by atoms with Gasteiger partial charge in [0.05, 0.1) is 24.8 Å². The van der Waals surface area contributed by atoms with Gasteiger partial charge in [0, 0.05) is 31.6 Å². The van der Waals surface area contributed by atoms with Gasteiger partial charge in [-0.2, -0.15) is 0 Å². The minimum absolute atomic E-state index is 0.0303. The molecule has 2 aromatic rings. The number of hydrogen-bond acceptors (Lipinski definition) is 6. The van der Waals surface area contributed by atoms with Gasteiger partial charge in [-0.1, -0.05) is 18.2 Å². The zero-order valence-electron chi connectivity index (χ0n) is 15.8. The van der Waals surface area contributed by atoms with Crippen LogP contribution < -0.4 is 4.74 Å². The molecule has 1 aromatic carbocycles. The Morgan fingerprint density at radius 2 is 2.07 bits per heavy atom. The summed E-state index contributed by atoms with van der Waals surface area (Å²) in [6.07, 6.45) is 3.19. The highest BCUT2D eigenvalue weighted by Crippen LogP contribution is 2.39. The Kier molecular flexibility index (Phi) is 6.06. The summed E-state index contributed by atoms with van der Waals surface area (Å²) in [5.74, 6) is -1.08. The summed E-state index contributed by atoms with van der Waals surface area (Å²) < 4.78 is 10.5. The maximum atomic E-state index is 12.8. The van der Waals surface area contributed by atoms with Crippen molar-refractivity contribution >= 4 is 17.4 Å². The second kappa shape index (κ2) is 8.67. The van der Waals surface area contributed by atoms with E-state index in [1.165, 1.54) is 12.0 Å². The average molecular weight is 382 g/mol. The van der Waals surface area contributed by atoms with Crippen molar-refractivity contribution in [2.75, 3.05) is 26.9 Å². The molecular weight excluding hydrogens is 360 g/mol. The molecule has 7 heteroatoms. The number of aliphatic hydroxyl groups is 1. The minimum Gasteiger partial charge on any atom is -0.507 e. The molecule has 0 saturated carbocycles. The second-order valence-corrected chi connectivity index (χ2v) is 6.23. The molecule has 0 bridgehead atoms. The number of ether oxygens (including phenoxy) is 2. The van der Waals surface area contributed by atoms with E-state index in [4.69, 9.17) is 9.47 Å². The maximum absolute atomic E-state index is 12.8. The number of amides is 1. The SMILES string of the molecule is CCOc1cccc(C(O)=C2C(=O)C(=O)N(CCOC)[C@H]2c2cccnc2)c1. The van der Waals surface area contributed by atoms with Crippen molar-refractivity contribution in [2.45, 2.75) is 13.0 Å². The van der Waals surface area contributed by atoms with Crippen molar-refractivity contribution in [1.29, 1.82) is 0 Å². The van der Waals surface area contributed by atoms with Gasteiger partial charge in [0.15, 0.2) is 0 Å². The summed E-state index contributed by atoms with van der Waals surface area (Å²) in [6.45, 7) is 2.82. The summed E-state index contributed by atoms with van der Waals surface area (Å²) in [5.41, 5.74) is 1.08. The summed E-state index contributed by atoms with van der Waals surface area (Å²) in [5, 5.41) is 10.9. The lowest BCUT2D eigenvalue weighted by Crippen LogP contribution is -2.32. The fraction of sp³-hybridized carbons (Fsp3) is 0.286. The van der Waals surface area contributed by atoms with Gasteiger partial charge in [0.2, 0.25) is 0 Å². The molecular formula is C21H22N2O5. The molecule has 3 rings (SSSR count). The molecule has 1 aliphatic heterocycles.